The Balaban J connectivity index is 1.36. The third-order valence-electron chi connectivity index (χ3n) is 5.33. The van der Waals surface area contributed by atoms with Gasteiger partial charge in [0, 0.05) is 42.8 Å². The van der Waals surface area contributed by atoms with Crippen LogP contribution in [0.5, 0.6) is 0 Å². The van der Waals surface area contributed by atoms with Crippen molar-refractivity contribution in [3.8, 4) is 11.3 Å². The molecule has 1 fully saturated rings. The summed E-state index contributed by atoms with van der Waals surface area (Å²) in [5.41, 5.74) is 5.14. The van der Waals surface area contributed by atoms with Gasteiger partial charge in [-0.2, -0.15) is 0 Å². The van der Waals surface area contributed by atoms with Gasteiger partial charge in [-0.3, -0.25) is 9.78 Å². The lowest BCUT2D eigenvalue weighted by atomic mass is 10.2. The standard InChI is InChI=1S/C21H21N7O/c1-15-4-5-26(9-15)19-6-17(7-22-8-19)20-13-28(25-24-20)12-18-11-27-10-16(14-29)2-3-21(27)23-18/h2-3,6-8,10-11,13-15H,4-5,9,12H2,1H3. The zero-order valence-corrected chi connectivity index (χ0v) is 16.1. The molecule has 146 valence electrons. The fourth-order valence-corrected chi connectivity index (χ4v) is 3.79. The summed E-state index contributed by atoms with van der Waals surface area (Å²) >= 11 is 0. The Morgan fingerprint density at radius 2 is 2.14 bits per heavy atom. The predicted molar refractivity (Wildman–Crippen MR) is 109 cm³/mol. The first-order valence-corrected chi connectivity index (χ1v) is 9.71. The van der Waals surface area contributed by atoms with Crippen LogP contribution in [0, 0.1) is 5.92 Å². The Labute approximate surface area is 167 Å². The molecule has 1 saturated heterocycles. The third-order valence-corrected chi connectivity index (χ3v) is 5.33. The molecule has 4 aromatic heterocycles. The smallest absolute Gasteiger partial charge is 0.151 e. The van der Waals surface area contributed by atoms with Crippen molar-refractivity contribution in [3.63, 3.8) is 0 Å². The van der Waals surface area contributed by atoms with Gasteiger partial charge >= 0.3 is 0 Å². The molecule has 1 atom stereocenters. The van der Waals surface area contributed by atoms with Crippen LogP contribution in [0.2, 0.25) is 0 Å². The molecule has 0 radical (unpaired) electrons. The maximum Gasteiger partial charge on any atom is 0.151 e. The molecule has 0 bridgehead atoms. The number of fused-ring (bicyclic) bond motifs is 1. The van der Waals surface area contributed by atoms with Gasteiger partial charge < -0.3 is 9.30 Å². The Kier molecular flexibility index (Phi) is 4.31. The molecule has 5 rings (SSSR count). The van der Waals surface area contributed by atoms with Crippen molar-refractivity contribution in [1.29, 1.82) is 0 Å². The van der Waals surface area contributed by atoms with Gasteiger partial charge in [0.05, 0.1) is 30.3 Å². The van der Waals surface area contributed by atoms with Crippen molar-refractivity contribution in [3.05, 3.63) is 60.4 Å². The van der Waals surface area contributed by atoms with E-state index in [1.165, 1.54) is 6.42 Å². The summed E-state index contributed by atoms with van der Waals surface area (Å²) in [4.78, 5) is 22.3. The lowest BCUT2D eigenvalue weighted by Gasteiger charge is -2.18. The van der Waals surface area contributed by atoms with Crippen molar-refractivity contribution in [2.75, 3.05) is 18.0 Å². The molecule has 1 aliphatic rings. The van der Waals surface area contributed by atoms with Crippen LogP contribution >= 0.6 is 0 Å². The Morgan fingerprint density at radius 1 is 1.21 bits per heavy atom. The molecule has 8 heteroatoms. The summed E-state index contributed by atoms with van der Waals surface area (Å²) in [6.45, 7) is 4.92. The lowest BCUT2D eigenvalue weighted by molar-refractivity contribution is 0.112. The predicted octanol–water partition coefficient (Wildman–Crippen LogP) is 2.69. The zero-order valence-electron chi connectivity index (χ0n) is 16.1. The van der Waals surface area contributed by atoms with E-state index in [1.807, 2.05) is 35.3 Å². The first kappa shape index (κ1) is 17.5. The molecule has 0 aliphatic carbocycles. The fourth-order valence-electron chi connectivity index (χ4n) is 3.79. The van der Waals surface area contributed by atoms with E-state index < -0.39 is 0 Å². The minimum absolute atomic E-state index is 0.502. The largest absolute Gasteiger partial charge is 0.370 e. The van der Waals surface area contributed by atoms with Crippen LogP contribution in [-0.4, -0.2) is 48.7 Å². The molecular formula is C21H21N7O. The van der Waals surface area contributed by atoms with Gasteiger partial charge in [0.25, 0.3) is 0 Å². The number of hydrogen-bond donors (Lipinski definition) is 0. The number of nitrogens with zero attached hydrogens (tertiary/aromatic N) is 7. The molecular weight excluding hydrogens is 366 g/mol. The topological polar surface area (TPSA) is 81.2 Å². The Bertz CT molecular complexity index is 1180. The summed E-state index contributed by atoms with van der Waals surface area (Å²) in [5, 5.41) is 8.57. The minimum Gasteiger partial charge on any atom is -0.370 e. The average Bonchev–Trinajstić information content (AvgIpc) is 3.47. The maximum atomic E-state index is 10.9. The van der Waals surface area contributed by atoms with Crippen molar-refractivity contribution < 1.29 is 4.79 Å². The van der Waals surface area contributed by atoms with E-state index in [0.717, 1.165) is 47.7 Å². The molecule has 0 aromatic carbocycles. The quantitative estimate of drug-likeness (QED) is 0.490. The summed E-state index contributed by atoms with van der Waals surface area (Å²) in [7, 11) is 0. The van der Waals surface area contributed by atoms with Gasteiger partial charge in [-0.25, -0.2) is 9.67 Å². The number of carbonyl (C=O) groups is 1. The maximum absolute atomic E-state index is 10.9. The summed E-state index contributed by atoms with van der Waals surface area (Å²) < 4.78 is 3.61. The molecule has 0 N–H and O–H groups in total. The van der Waals surface area contributed by atoms with Gasteiger partial charge in [-0.05, 0) is 30.5 Å². The van der Waals surface area contributed by atoms with E-state index in [4.69, 9.17) is 0 Å². The zero-order chi connectivity index (χ0) is 19.8. The van der Waals surface area contributed by atoms with E-state index in [0.29, 0.717) is 18.0 Å². The monoisotopic (exact) mass is 387 g/mol. The van der Waals surface area contributed by atoms with Crippen molar-refractivity contribution >= 4 is 17.6 Å². The molecule has 1 aliphatic heterocycles. The van der Waals surface area contributed by atoms with Crippen molar-refractivity contribution in [2.24, 2.45) is 5.92 Å². The summed E-state index contributed by atoms with van der Waals surface area (Å²) in [6.07, 6.45) is 11.4. The Morgan fingerprint density at radius 3 is 2.97 bits per heavy atom. The number of aromatic nitrogens is 6. The highest BCUT2D eigenvalue weighted by atomic mass is 16.1. The molecule has 0 spiro atoms. The second kappa shape index (κ2) is 7.12. The first-order valence-electron chi connectivity index (χ1n) is 9.71. The van der Waals surface area contributed by atoms with Gasteiger partial charge in [0.2, 0.25) is 0 Å². The molecule has 0 saturated carbocycles. The number of hydrogen-bond acceptors (Lipinski definition) is 6. The van der Waals surface area contributed by atoms with E-state index >= 15 is 0 Å². The van der Waals surface area contributed by atoms with Crippen LogP contribution in [0.15, 0.2) is 49.2 Å². The van der Waals surface area contributed by atoms with Crippen LogP contribution < -0.4 is 4.90 Å². The lowest BCUT2D eigenvalue weighted by Crippen LogP contribution is -2.19. The molecule has 29 heavy (non-hydrogen) atoms. The van der Waals surface area contributed by atoms with Crippen LogP contribution in [0.3, 0.4) is 0 Å². The van der Waals surface area contributed by atoms with Crippen LogP contribution in [0.4, 0.5) is 5.69 Å². The number of aldehydes is 1. The fraction of sp³-hybridized carbons (Fsp3) is 0.286. The Hall–Kier alpha value is -3.55. The first-order chi connectivity index (χ1) is 14.2. The SMILES string of the molecule is CC1CCN(c2cncc(-c3cn(Cc4cn5cc(C=O)ccc5n4)nn3)c2)C1. The van der Waals surface area contributed by atoms with Gasteiger partial charge in [-0.1, -0.05) is 12.1 Å². The number of anilines is 1. The van der Waals surface area contributed by atoms with Crippen LogP contribution in [0.25, 0.3) is 16.9 Å². The van der Waals surface area contributed by atoms with Crippen molar-refractivity contribution in [2.45, 2.75) is 19.9 Å². The molecule has 0 amide bonds. The number of carbonyl (C=O) groups excluding carboxylic acids is 1. The highest BCUT2D eigenvalue weighted by molar-refractivity contribution is 5.74. The highest BCUT2D eigenvalue weighted by Crippen LogP contribution is 2.26. The van der Waals surface area contributed by atoms with E-state index in [9.17, 15) is 4.79 Å². The molecule has 4 aromatic rings. The highest BCUT2D eigenvalue weighted by Gasteiger charge is 2.19. The van der Waals surface area contributed by atoms with E-state index in [-0.39, 0.29) is 0 Å². The number of rotatable bonds is 5. The third kappa shape index (κ3) is 3.49. The van der Waals surface area contributed by atoms with Gasteiger partial charge in [-0.15, -0.1) is 5.10 Å². The summed E-state index contributed by atoms with van der Waals surface area (Å²) in [5.74, 6) is 0.715. The van der Waals surface area contributed by atoms with Crippen molar-refractivity contribution in [1.82, 2.24) is 29.4 Å². The molecule has 5 heterocycles. The minimum atomic E-state index is 0.502. The molecule has 1 unspecified atom stereocenters. The normalized spacial score (nSPS) is 16.6. The number of imidazole rings is 1. The van der Waals surface area contributed by atoms with Gasteiger partial charge in [0.15, 0.2) is 6.29 Å². The summed E-state index contributed by atoms with van der Waals surface area (Å²) in [6, 6.07) is 5.72. The van der Waals surface area contributed by atoms with E-state index in [2.05, 4.69) is 38.2 Å². The molecule has 8 nitrogen and oxygen atoms in total. The number of pyridine rings is 2. The van der Waals surface area contributed by atoms with Gasteiger partial charge in [0.1, 0.15) is 11.3 Å². The second-order valence-electron chi connectivity index (χ2n) is 7.65. The van der Waals surface area contributed by atoms with E-state index in [1.54, 1.807) is 16.9 Å². The van der Waals surface area contributed by atoms with Crippen LogP contribution in [0.1, 0.15) is 29.4 Å². The second-order valence-corrected chi connectivity index (χ2v) is 7.65. The van der Waals surface area contributed by atoms with Crippen LogP contribution in [-0.2, 0) is 6.54 Å². The average molecular weight is 387 g/mol.